The number of amides is 1. The minimum atomic E-state index is -0.284. The average Bonchev–Trinajstić information content (AvgIpc) is 2.95. The van der Waals surface area contributed by atoms with E-state index in [1.165, 1.54) is 0 Å². The first-order valence-electron chi connectivity index (χ1n) is 8.99. The predicted molar refractivity (Wildman–Crippen MR) is 114 cm³/mol. The van der Waals surface area contributed by atoms with Gasteiger partial charge in [-0.1, -0.05) is 60.7 Å². The molecule has 0 atom stereocenters. The maximum atomic E-state index is 13.4. The third-order valence-corrected chi connectivity index (χ3v) is 5.26. The van der Waals surface area contributed by atoms with Crippen LogP contribution in [0.3, 0.4) is 0 Å². The molecule has 0 radical (unpaired) electrons. The van der Waals surface area contributed by atoms with Crippen molar-refractivity contribution in [2.75, 3.05) is 7.05 Å². The lowest BCUT2D eigenvalue weighted by atomic mass is 9.97. The monoisotopic (exact) mass is 385 g/mol. The van der Waals surface area contributed by atoms with Gasteiger partial charge < -0.3 is 4.90 Å². The van der Waals surface area contributed by atoms with Crippen LogP contribution in [0, 0.1) is 0 Å². The third kappa shape index (κ3) is 3.32. The minimum Gasteiger partial charge on any atom is -0.317 e. The van der Waals surface area contributed by atoms with Crippen molar-refractivity contribution in [1.29, 1.82) is 0 Å². The third-order valence-electron chi connectivity index (χ3n) is 4.79. The molecule has 0 bridgehead atoms. The molecule has 1 aliphatic heterocycles. The normalized spacial score (nSPS) is 15.7. The summed E-state index contributed by atoms with van der Waals surface area (Å²) < 4.78 is 0. The van der Waals surface area contributed by atoms with Gasteiger partial charge in [0.15, 0.2) is 5.11 Å². The Balaban J connectivity index is 1.80. The van der Waals surface area contributed by atoms with E-state index in [1.807, 2.05) is 85.9 Å². The second-order valence-electron chi connectivity index (χ2n) is 6.55. The Kier molecular flexibility index (Phi) is 5.00. The summed E-state index contributed by atoms with van der Waals surface area (Å²) in [5.41, 5.74) is 3.49. The number of aromatic nitrogens is 1. The molecule has 1 aliphatic rings. The standard InChI is InChI=1S/C23H19N3OS/c1-25-20(16-17-12-14-24-15-13-17)22(27)26(23(25)28)21(18-8-4-2-5-9-18)19-10-6-3-7-11-19/h2-16,21H,1H3. The highest BCUT2D eigenvalue weighted by molar-refractivity contribution is 7.80. The summed E-state index contributed by atoms with van der Waals surface area (Å²) >= 11 is 5.69. The Labute approximate surface area is 169 Å². The summed E-state index contributed by atoms with van der Waals surface area (Å²) in [7, 11) is 1.83. The van der Waals surface area contributed by atoms with Crippen LogP contribution < -0.4 is 0 Å². The van der Waals surface area contributed by atoms with Gasteiger partial charge in [0, 0.05) is 19.4 Å². The highest BCUT2D eigenvalue weighted by atomic mass is 32.1. The van der Waals surface area contributed by atoms with Crippen LogP contribution in [-0.4, -0.2) is 32.9 Å². The Hall–Kier alpha value is -3.31. The zero-order valence-electron chi connectivity index (χ0n) is 15.4. The molecule has 4 rings (SSSR count). The number of likely N-dealkylation sites (N-methyl/N-ethyl adjacent to an activating group) is 1. The van der Waals surface area contributed by atoms with E-state index in [-0.39, 0.29) is 11.9 Å². The highest BCUT2D eigenvalue weighted by Gasteiger charge is 2.41. The van der Waals surface area contributed by atoms with Gasteiger partial charge in [0.1, 0.15) is 5.70 Å². The van der Waals surface area contributed by atoms with Gasteiger partial charge in [0.05, 0.1) is 6.04 Å². The van der Waals surface area contributed by atoms with Crippen LogP contribution in [0.25, 0.3) is 6.08 Å². The molecule has 2 aromatic carbocycles. The molecule has 0 spiro atoms. The lowest BCUT2D eigenvalue weighted by Crippen LogP contribution is -2.35. The second kappa shape index (κ2) is 7.74. The first-order valence-corrected chi connectivity index (χ1v) is 9.40. The first kappa shape index (κ1) is 18.1. The van der Waals surface area contributed by atoms with Crippen LogP contribution in [0.2, 0.25) is 0 Å². The van der Waals surface area contributed by atoms with Crippen molar-refractivity contribution in [3.8, 4) is 0 Å². The molecular weight excluding hydrogens is 366 g/mol. The van der Waals surface area contributed by atoms with E-state index in [4.69, 9.17) is 12.2 Å². The molecule has 1 aromatic heterocycles. The van der Waals surface area contributed by atoms with Crippen LogP contribution in [0.5, 0.6) is 0 Å². The van der Waals surface area contributed by atoms with Crippen LogP contribution in [0.4, 0.5) is 0 Å². The molecule has 138 valence electrons. The fourth-order valence-corrected chi connectivity index (χ4v) is 3.67. The van der Waals surface area contributed by atoms with Gasteiger partial charge in [0.25, 0.3) is 5.91 Å². The maximum Gasteiger partial charge on any atom is 0.277 e. The lowest BCUT2D eigenvalue weighted by molar-refractivity contribution is -0.123. The Morgan fingerprint density at radius 3 is 1.96 bits per heavy atom. The SMILES string of the molecule is CN1C(=S)N(C(c2ccccc2)c2ccccc2)C(=O)C1=Cc1ccncc1. The molecule has 2 heterocycles. The van der Waals surface area contributed by atoms with Crippen molar-refractivity contribution in [1.82, 2.24) is 14.8 Å². The quantitative estimate of drug-likeness (QED) is 0.496. The van der Waals surface area contributed by atoms with Gasteiger partial charge >= 0.3 is 0 Å². The Morgan fingerprint density at radius 2 is 1.43 bits per heavy atom. The molecule has 1 amide bonds. The van der Waals surface area contributed by atoms with Crippen molar-refractivity contribution >= 4 is 29.3 Å². The summed E-state index contributed by atoms with van der Waals surface area (Å²) in [5.74, 6) is -0.109. The molecule has 28 heavy (non-hydrogen) atoms. The number of hydrogen-bond donors (Lipinski definition) is 0. The average molecular weight is 385 g/mol. The van der Waals surface area contributed by atoms with Crippen LogP contribution in [0.1, 0.15) is 22.7 Å². The van der Waals surface area contributed by atoms with Crippen molar-refractivity contribution in [3.63, 3.8) is 0 Å². The molecule has 0 N–H and O–H groups in total. The largest absolute Gasteiger partial charge is 0.317 e. The van der Waals surface area contributed by atoms with E-state index in [0.717, 1.165) is 16.7 Å². The van der Waals surface area contributed by atoms with Crippen molar-refractivity contribution in [2.45, 2.75) is 6.04 Å². The number of thiocarbonyl (C=S) groups is 1. The van der Waals surface area contributed by atoms with Crippen LogP contribution in [-0.2, 0) is 4.79 Å². The summed E-state index contributed by atoms with van der Waals surface area (Å²) in [6, 6.07) is 23.4. The summed E-state index contributed by atoms with van der Waals surface area (Å²) in [5, 5.41) is 0.489. The predicted octanol–water partition coefficient (Wildman–Crippen LogP) is 4.27. The first-order chi connectivity index (χ1) is 13.7. The molecule has 0 unspecified atom stereocenters. The number of carbonyl (C=O) groups excluding carboxylic acids is 1. The number of benzene rings is 2. The molecule has 5 heteroatoms. The van der Waals surface area contributed by atoms with Gasteiger partial charge in [-0.25, -0.2) is 0 Å². The molecule has 0 aliphatic carbocycles. The number of carbonyl (C=O) groups is 1. The van der Waals surface area contributed by atoms with Crippen LogP contribution in [0.15, 0.2) is 90.9 Å². The van der Waals surface area contributed by atoms with Crippen molar-refractivity contribution in [3.05, 3.63) is 108 Å². The van der Waals surface area contributed by atoms with Crippen LogP contribution >= 0.6 is 12.2 Å². The number of nitrogens with zero attached hydrogens (tertiary/aromatic N) is 3. The molecule has 0 saturated carbocycles. The highest BCUT2D eigenvalue weighted by Crippen LogP contribution is 2.35. The number of hydrogen-bond acceptors (Lipinski definition) is 3. The zero-order chi connectivity index (χ0) is 19.5. The maximum absolute atomic E-state index is 13.4. The van der Waals surface area contributed by atoms with E-state index in [2.05, 4.69) is 4.98 Å². The smallest absolute Gasteiger partial charge is 0.277 e. The van der Waals surface area contributed by atoms with Gasteiger partial charge in [-0.15, -0.1) is 0 Å². The number of pyridine rings is 1. The van der Waals surface area contributed by atoms with Crippen molar-refractivity contribution < 1.29 is 4.79 Å². The Morgan fingerprint density at radius 1 is 0.893 bits per heavy atom. The van der Waals surface area contributed by atoms with Gasteiger partial charge in [0.2, 0.25) is 0 Å². The Bertz CT molecular complexity index is 980. The second-order valence-corrected chi connectivity index (χ2v) is 6.92. The molecular formula is C23H19N3OS. The van der Waals surface area contributed by atoms with E-state index in [1.54, 1.807) is 22.2 Å². The minimum absolute atomic E-state index is 0.109. The molecule has 1 fully saturated rings. The number of rotatable bonds is 4. The van der Waals surface area contributed by atoms with Gasteiger partial charge in [-0.2, -0.15) is 0 Å². The van der Waals surface area contributed by atoms with E-state index >= 15 is 0 Å². The topological polar surface area (TPSA) is 36.4 Å². The fraction of sp³-hybridized carbons (Fsp3) is 0.0870. The van der Waals surface area contributed by atoms with Crippen molar-refractivity contribution in [2.24, 2.45) is 0 Å². The summed E-state index contributed by atoms with van der Waals surface area (Å²) in [6.07, 6.45) is 5.26. The zero-order valence-corrected chi connectivity index (χ0v) is 16.2. The molecule has 1 saturated heterocycles. The van der Waals surface area contributed by atoms with Gasteiger partial charge in [-0.3, -0.25) is 14.7 Å². The fourth-order valence-electron chi connectivity index (χ4n) is 3.38. The summed E-state index contributed by atoms with van der Waals surface area (Å²) in [4.78, 5) is 20.9. The summed E-state index contributed by atoms with van der Waals surface area (Å²) in [6.45, 7) is 0. The van der Waals surface area contributed by atoms with Gasteiger partial charge in [-0.05, 0) is 47.1 Å². The molecule has 4 nitrogen and oxygen atoms in total. The lowest BCUT2D eigenvalue weighted by Gasteiger charge is -2.28. The molecule has 3 aromatic rings. The van der Waals surface area contributed by atoms with E-state index < -0.39 is 0 Å². The van der Waals surface area contributed by atoms with E-state index in [0.29, 0.717) is 10.8 Å². The van der Waals surface area contributed by atoms with E-state index in [9.17, 15) is 4.79 Å².